The summed E-state index contributed by atoms with van der Waals surface area (Å²) in [6.45, 7) is 4.69. The molecule has 2 atom stereocenters. The van der Waals surface area contributed by atoms with Gasteiger partial charge >= 0.3 is 12.0 Å². The van der Waals surface area contributed by atoms with E-state index in [0.29, 0.717) is 5.75 Å². The molecule has 0 unspecified atom stereocenters. The highest BCUT2D eigenvalue weighted by Crippen LogP contribution is 2.11. The van der Waals surface area contributed by atoms with Crippen LogP contribution in [0.3, 0.4) is 0 Å². The number of amides is 3. The maximum absolute atomic E-state index is 11.7. The lowest BCUT2D eigenvalue weighted by molar-refractivity contribution is -0.154. The van der Waals surface area contributed by atoms with Gasteiger partial charge in [-0.25, -0.2) is 9.59 Å². The third-order valence-electron chi connectivity index (χ3n) is 2.98. The quantitative estimate of drug-likeness (QED) is 0.744. The van der Waals surface area contributed by atoms with Crippen molar-refractivity contribution >= 4 is 17.9 Å². The van der Waals surface area contributed by atoms with Gasteiger partial charge < -0.3 is 14.8 Å². The fraction of sp³-hybridized carbons (Fsp3) is 0.438. The van der Waals surface area contributed by atoms with Crippen LogP contribution < -0.4 is 15.4 Å². The number of esters is 1. The highest BCUT2D eigenvalue weighted by molar-refractivity contribution is 5.95. The van der Waals surface area contributed by atoms with Gasteiger partial charge in [-0.3, -0.25) is 10.1 Å². The molecule has 1 rings (SSSR count). The molecule has 7 heteroatoms. The second kappa shape index (κ2) is 9.45. The number of benzene rings is 1. The van der Waals surface area contributed by atoms with E-state index in [4.69, 9.17) is 9.47 Å². The average Bonchev–Trinajstić information content (AvgIpc) is 2.53. The SMILES string of the molecule is CC[C@@H](C)NC(=O)NC(=O)COC(=O)[C@H](C)Oc1ccccc1. The van der Waals surface area contributed by atoms with E-state index < -0.39 is 30.6 Å². The zero-order valence-electron chi connectivity index (χ0n) is 13.5. The van der Waals surface area contributed by atoms with Crippen LogP contribution in [-0.2, 0) is 14.3 Å². The number of urea groups is 1. The second-order valence-corrected chi connectivity index (χ2v) is 5.01. The number of hydrogen-bond donors (Lipinski definition) is 2. The molecule has 0 bridgehead atoms. The van der Waals surface area contributed by atoms with Gasteiger partial charge in [-0.1, -0.05) is 25.1 Å². The van der Waals surface area contributed by atoms with Crippen LogP contribution in [0.25, 0.3) is 0 Å². The van der Waals surface area contributed by atoms with Gasteiger partial charge in [0.05, 0.1) is 0 Å². The van der Waals surface area contributed by atoms with Gasteiger partial charge in [-0.15, -0.1) is 0 Å². The lowest BCUT2D eigenvalue weighted by atomic mass is 10.3. The van der Waals surface area contributed by atoms with Crippen molar-refractivity contribution in [2.75, 3.05) is 6.61 Å². The number of para-hydroxylation sites is 1. The molecule has 0 spiro atoms. The van der Waals surface area contributed by atoms with Gasteiger partial charge in [-0.2, -0.15) is 0 Å². The molecule has 0 aromatic heterocycles. The van der Waals surface area contributed by atoms with Crippen LogP contribution in [0, 0.1) is 0 Å². The molecule has 1 aromatic carbocycles. The number of carbonyl (C=O) groups is 3. The Morgan fingerprint density at radius 2 is 1.78 bits per heavy atom. The predicted molar refractivity (Wildman–Crippen MR) is 83.9 cm³/mol. The minimum atomic E-state index is -0.862. The molecule has 23 heavy (non-hydrogen) atoms. The van der Waals surface area contributed by atoms with Crippen molar-refractivity contribution in [2.45, 2.75) is 39.3 Å². The van der Waals surface area contributed by atoms with Crippen LogP contribution in [0.1, 0.15) is 27.2 Å². The number of rotatable bonds is 7. The van der Waals surface area contributed by atoms with Crippen LogP contribution in [-0.4, -0.2) is 36.7 Å². The highest BCUT2D eigenvalue weighted by atomic mass is 16.6. The first-order chi connectivity index (χ1) is 10.9. The normalized spacial score (nSPS) is 12.7. The summed E-state index contributed by atoms with van der Waals surface area (Å²) >= 11 is 0. The minimum absolute atomic E-state index is 0.0513. The Bertz CT molecular complexity index is 533. The second-order valence-electron chi connectivity index (χ2n) is 5.01. The Labute approximate surface area is 135 Å². The fourth-order valence-electron chi connectivity index (χ4n) is 1.53. The Morgan fingerprint density at radius 1 is 1.13 bits per heavy atom. The van der Waals surface area contributed by atoms with E-state index in [1.807, 2.05) is 19.9 Å². The molecule has 0 heterocycles. The standard InChI is InChI=1S/C16H22N2O5/c1-4-11(2)17-16(21)18-14(19)10-22-15(20)12(3)23-13-8-6-5-7-9-13/h5-9,11-12H,4,10H2,1-3H3,(H2,17,18,19,21)/t11-,12+/m1/s1. The van der Waals surface area contributed by atoms with Crippen LogP contribution >= 0.6 is 0 Å². The summed E-state index contributed by atoms with van der Waals surface area (Å²) in [6.07, 6.45) is -0.121. The predicted octanol–water partition coefficient (Wildman–Crippen LogP) is 1.62. The molecule has 0 saturated carbocycles. The number of carbonyl (C=O) groups excluding carboxylic acids is 3. The molecule has 3 amide bonds. The first kappa shape index (κ1) is 18.5. The Balaban J connectivity index is 2.31. The van der Waals surface area contributed by atoms with Gasteiger partial charge in [0.2, 0.25) is 0 Å². The smallest absolute Gasteiger partial charge is 0.347 e. The van der Waals surface area contributed by atoms with Crippen molar-refractivity contribution in [3.05, 3.63) is 30.3 Å². The van der Waals surface area contributed by atoms with Gasteiger partial charge in [0, 0.05) is 6.04 Å². The van der Waals surface area contributed by atoms with Crippen molar-refractivity contribution in [2.24, 2.45) is 0 Å². The first-order valence-corrected chi connectivity index (χ1v) is 7.41. The number of hydrogen-bond acceptors (Lipinski definition) is 5. The third-order valence-corrected chi connectivity index (χ3v) is 2.98. The average molecular weight is 322 g/mol. The summed E-state index contributed by atoms with van der Waals surface area (Å²) in [5, 5.41) is 4.65. The van der Waals surface area contributed by atoms with Crippen molar-refractivity contribution in [3.63, 3.8) is 0 Å². The van der Waals surface area contributed by atoms with Crippen molar-refractivity contribution < 1.29 is 23.9 Å². The zero-order chi connectivity index (χ0) is 17.2. The van der Waals surface area contributed by atoms with Gasteiger partial charge in [0.25, 0.3) is 5.91 Å². The third kappa shape index (κ3) is 7.30. The molecule has 0 saturated heterocycles. The minimum Gasteiger partial charge on any atom is -0.479 e. The number of ether oxygens (including phenoxy) is 2. The van der Waals surface area contributed by atoms with E-state index in [-0.39, 0.29) is 6.04 Å². The molecule has 0 radical (unpaired) electrons. The molecule has 0 aliphatic rings. The lowest BCUT2D eigenvalue weighted by Crippen LogP contribution is -2.45. The van der Waals surface area contributed by atoms with Crippen LogP contribution in [0.5, 0.6) is 5.75 Å². The molecule has 126 valence electrons. The molecule has 1 aromatic rings. The topological polar surface area (TPSA) is 93.7 Å². The van der Waals surface area contributed by atoms with E-state index in [1.165, 1.54) is 6.92 Å². The monoisotopic (exact) mass is 322 g/mol. The summed E-state index contributed by atoms with van der Waals surface area (Å²) in [7, 11) is 0. The van der Waals surface area contributed by atoms with E-state index in [0.717, 1.165) is 6.42 Å². The lowest BCUT2D eigenvalue weighted by Gasteiger charge is -2.14. The summed E-state index contributed by atoms with van der Waals surface area (Å²) in [5.41, 5.74) is 0. The highest BCUT2D eigenvalue weighted by Gasteiger charge is 2.18. The summed E-state index contributed by atoms with van der Waals surface area (Å²) in [6, 6.07) is 8.11. The Morgan fingerprint density at radius 3 is 2.39 bits per heavy atom. The van der Waals surface area contributed by atoms with Crippen molar-refractivity contribution in [3.8, 4) is 5.75 Å². The Hall–Kier alpha value is -2.57. The van der Waals surface area contributed by atoms with Gasteiger partial charge in [0.15, 0.2) is 12.7 Å². The van der Waals surface area contributed by atoms with E-state index >= 15 is 0 Å². The maximum Gasteiger partial charge on any atom is 0.347 e. The summed E-state index contributed by atoms with van der Waals surface area (Å²) in [5.74, 6) is -0.869. The van der Waals surface area contributed by atoms with Gasteiger partial charge in [0.1, 0.15) is 5.75 Å². The molecular weight excluding hydrogens is 300 g/mol. The Kier molecular flexibility index (Phi) is 7.59. The largest absolute Gasteiger partial charge is 0.479 e. The molecule has 0 aliphatic carbocycles. The van der Waals surface area contributed by atoms with Crippen LogP contribution in [0.2, 0.25) is 0 Å². The van der Waals surface area contributed by atoms with E-state index in [9.17, 15) is 14.4 Å². The molecule has 0 fully saturated rings. The van der Waals surface area contributed by atoms with Crippen LogP contribution in [0.4, 0.5) is 4.79 Å². The van der Waals surface area contributed by atoms with Crippen molar-refractivity contribution in [1.29, 1.82) is 0 Å². The van der Waals surface area contributed by atoms with E-state index in [1.54, 1.807) is 24.3 Å². The van der Waals surface area contributed by atoms with Gasteiger partial charge in [-0.05, 0) is 32.4 Å². The van der Waals surface area contributed by atoms with Crippen molar-refractivity contribution in [1.82, 2.24) is 10.6 Å². The molecule has 2 N–H and O–H groups in total. The zero-order valence-corrected chi connectivity index (χ0v) is 13.5. The van der Waals surface area contributed by atoms with E-state index in [2.05, 4.69) is 10.6 Å². The molecule has 0 aliphatic heterocycles. The fourth-order valence-corrected chi connectivity index (χ4v) is 1.53. The maximum atomic E-state index is 11.7. The first-order valence-electron chi connectivity index (χ1n) is 7.41. The summed E-state index contributed by atoms with van der Waals surface area (Å²) in [4.78, 5) is 34.7. The molecular formula is C16H22N2O5. The van der Waals surface area contributed by atoms with Crippen LogP contribution in [0.15, 0.2) is 30.3 Å². The molecule has 7 nitrogen and oxygen atoms in total. The summed E-state index contributed by atoms with van der Waals surface area (Å²) < 4.78 is 10.2. The number of nitrogens with one attached hydrogen (secondary N) is 2. The number of imide groups is 1.